The Balaban J connectivity index is 1.44. The number of carbonyl (C=O) groups excluding carboxylic acids is 2. The van der Waals surface area contributed by atoms with Gasteiger partial charge in [-0.25, -0.2) is 4.79 Å². The molecule has 4 heteroatoms. The maximum Gasteiger partial charge on any atom is 0.344 e. The molecule has 0 heterocycles. The summed E-state index contributed by atoms with van der Waals surface area (Å²) < 4.78 is 11.2. The van der Waals surface area contributed by atoms with Gasteiger partial charge in [0, 0.05) is 11.1 Å². The number of carbonyl (C=O) groups is 2. The zero-order valence-electron chi connectivity index (χ0n) is 16.7. The van der Waals surface area contributed by atoms with Crippen LogP contribution in [0.3, 0.4) is 0 Å². The molecule has 0 bridgehead atoms. The van der Waals surface area contributed by atoms with Crippen molar-refractivity contribution in [2.45, 2.75) is 6.61 Å². The summed E-state index contributed by atoms with van der Waals surface area (Å²) in [5.41, 5.74) is 2.11. The van der Waals surface area contributed by atoms with E-state index in [9.17, 15) is 9.59 Å². The first-order valence-corrected chi connectivity index (χ1v) is 9.88. The Hall–Kier alpha value is -4.18. The van der Waals surface area contributed by atoms with Crippen LogP contribution < -0.4 is 9.47 Å². The molecule has 0 amide bonds. The molecular formula is C27H20O4. The van der Waals surface area contributed by atoms with Gasteiger partial charge < -0.3 is 9.47 Å². The van der Waals surface area contributed by atoms with E-state index < -0.39 is 5.97 Å². The lowest BCUT2D eigenvalue weighted by Crippen LogP contribution is -2.14. The topological polar surface area (TPSA) is 52.6 Å². The van der Waals surface area contributed by atoms with E-state index in [4.69, 9.17) is 9.47 Å². The Morgan fingerprint density at radius 2 is 1.13 bits per heavy atom. The van der Waals surface area contributed by atoms with Crippen LogP contribution in [0.25, 0.3) is 0 Å². The largest absolute Gasteiger partial charge is 0.489 e. The molecule has 0 aromatic heterocycles. The van der Waals surface area contributed by atoms with E-state index in [1.54, 1.807) is 72.8 Å². The molecule has 4 rings (SSSR count). The van der Waals surface area contributed by atoms with E-state index in [0.717, 1.165) is 5.56 Å². The lowest BCUT2D eigenvalue weighted by molar-refractivity contribution is 0.0730. The third-order valence-electron chi connectivity index (χ3n) is 4.71. The summed E-state index contributed by atoms with van der Waals surface area (Å²) in [6, 6.07) is 32.2. The van der Waals surface area contributed by atoms with Crippen molar-refractivity contribution in [1.82, 2.24) is 0 Å². The summed E-state index contributed by atoms with van der Waals surface area (Å²) in [4.78, 5) is 25.6. The van der Waals surface area contributed by atoms with Crippen LogP contribution in [-0.4, -0.2) is 11.8 Å². The Bertz CT molecular complexity index is 1170. The average Bonchev–Trinajstić information content (AvgIpc) is 2.84. The second-order valence-electron chi connectivity index (χ2n) is 6.88. The van der Waals surface area contributed by atoms with Crippen molar-refractivity contribution in [3.63, 3.8) is 0 Å². The maximum absolute atomic E-state index is 12.8. The fraction of sp³-hybridized carbons (Fsp3) is 0.0370. The molecular weight excluding hydrogens is 388 g/mol. The normalized spacial score (nSPS) is 10.3. The molecule has 0 aliphatic heterocycles. The van der Waals surface area contributed by atoms with Gasteiger partial charge in [-0.05, 0) is 35.9 Å². The first-order chi connectivity index (χ1) is 15.2. The van der Waals surface area contributed by atoms with Gasteiger partial charge in [0.2, 0.25) is 0 Å². The van der Waals surface area contributed by atoms with Crippen molar-refractivity contribution in [3.8, 4) is 11.5 Å². The predicted octanol–water partition coefficient (Wildman–Crippen LogP) is 5.72. The van der Waals surface area contributed by atoms with Gasteiger partial charge in [-0.3, -0.25) is 4.79 Å². The quantitative estimate of drug-likeness (QED) is 0.223. The molecule has 4 aromatic rings. The molecule has 0 saturated carbocycles. The number of benzene rings is 4. The van der Waals surface area contributed by atoms with Gasteiger partial charge in [-0.15, -0.1) is 0 Å². The van der Waals surface area contributed by atoms with Gasteiger partial charge in [-0.1, -0.05) is 78.9 Å². The van der Waals surface area contributed by atoms with Gasteiger partial charge in [0.1, 0.15) is 18.1 Å². The van der Waals surface area contributed by atoms with Crippen molar-refractivity contribution in [3.05, 3.63) is 131 Å². The lowest BCUT2D eigenvalue weighted by Gasteiger charge is -2.10. The van der Waals surface area contributed by atoms with Crippen molar-refractivity contribution in [2.24, 2.45) is 0 Å². The minimum atomic E-state index is -0.585. The molecule has 0 saturated heterocycles. The first-order valence-electron chi connectivity index (χ1n) is 9.88. The standard InChI is InChI=1S/C27H20O4/c28-26(21-11-5-2-6-12-21)24-13-7-8-14-25(24)27(29)31-23-17-15-22(16-18-23)30-19-20-9-3-1-4-10-20/h1-18H,19H2. The van der Waals surface area contributed by atoms with Gasteiger partial charge in [-0.2, -0.15) is 0 Å². The molecule has 152 valence electrons. The number of hydrogen-bond acceptors (Lipinski definition) is 4. The zero-order valence-corrected chi connectivity index (χ0v) is 16.7. The lowest BCUT2D eigenvalue weighted by atomic mass is 9.98. The molecule has 31 heavy (non-hydrogen) atoms. The summed E-state index contributed by atoms with van der Waals surface area (Å²) >= 11 is 0. The zero-order chi connectivity index (χ0) is 21.5. The van der Waals surface area contributed by atoms with Gasteiger partial charge in [0.25, 0.3) is 0 Å². The number of hydrogen-bond donors (Lipinski definition) is 0. The highest BCUT2D eigenvalue weighted by Gasteiger charge is 2.19. The number of ketones is 1. The van der Waals surface area contributed by atoms with E-state index >= 15 is 0 Å². The Morgan fingerprint density at radius 1 is 0.581 bits per heavy atom. The SMILES string of the molecule is O=C(Oc1ccc(OCc2ccccc2)cc1)c1ccccc1C(=O)c1ccccc1. The van der Waals surface area contributed by atoms with Crippen LogP contribution in [0.5, 0.6) is 11.5 Å². The van der Waals surface area contributed by atoms with E-state index in [2.05, 4.69) is 0 Å². The van der Waals surface area contributed by atoms with Gasteiger partial charge in [0.15, 0.2) is 5.78 Å². The molecule has 0 radical (unpaired) electrons. The average molecular weight is 408 g/mol. The minimum absolute atomic E-state index is 0.223. The fourth-order valence-electron chi connectivity index (χ4n) is 3.11. The van der Waals surface area contributed by atoms with Gasteiger partial charge in [0.05, 0.1) is 5.56 Å². The summed E-state index contributed by atoms with van der Waals surface area (Å²) in [7, 11) is 0. The van der Waals surface area contributed by atoms with Crippen molar-refractivity contribution >= 4 is 11.8 Å². The maximum atomic E-state index is 12.8. The molecule has 0 aliphatic rings. The number of ether oxygens (including phenoxy) is 2. The molecule has 0 unspecified atom stereocenters. The second-order valence-corrected chi connectivity index (χ2v) is 6.88. The van der Waals surface area contributed by atoms with E-state index in [-0.39, 0.29) is 11.3 Å². The Kier molecular flexibility index (Phi) is 6.19. The molecule has 0 atom stereocenters. The summed E-state index contributed by atoms with van der Waals surface area (Å²) in [5.74, 6) is 0.234. The van der Waals surface area contributed by atoms with Crippen LogP contribution in [0, 0.1) is 0 Å². The van der Waals surface area contributed by atoms with E-state index in [0.29, 0.717) is 29.2 Å². The molecule has 0 N–H and O–H groups in total. The smallest absolute Gasteiger partial charge is 0.344 e. The van der Waals surface area contributed by atoms with Crippen molar-refractivity contribution in [2.75, 3.05) is 0 Å². The third kappa shape index (κ3) is 5.06. The molecule has 4 nitrogen and oxygen atoms in total. The van der Waals surface area contributed by atoms with Crippen LogP contribution >= 0.6 is 0 Å². The summed E-state index contributed by atoms with van der Waals surface area (Å²) in [6.07, 6.45) is 0. The first kappa shape index (κ1) is 20.1. The van der Waals surface area contributed by atoms with Crippen LogP contribution in [0.15, 0.2) is 109 Å². The van der Waals surface area contributed by atoms with Crippen molar-refractivity contribution in [1.29, 1.82) is 0 Å². The highest BCUT2D eigenvalue weighted by Crippen LogP contribution is 2.21. The minimum Gasteiger partial charge on any atom is -0.489 e. The molecule has 0 aliphatic carbocycles. The number of rotatable bonds is 7. The van der Waals surface area contributed by atoms with E-state index in [1.807, 2.05) is 36.4 Å². The molecule has 0 fully saturated rings. The van der Waals surface area contributed by atoms with Crippen LogP contribution in [0.1, 0.15) is 31.8 Å². The van der Waals surface area contributed by atoms with Gasteiger partial charge >= 0.3 is 5.97 Å². The second kappa shape index (κ2) is 9.55. The summed E-state index contributed by atoms with van der Waals surface area (Å²) in [5, 5.41) is 0. The Labute approximate surface area is 180 Å². The Morgan fingerprint density at radius 3 is 1.81 bits per heavy atom. The molecule has 4 aromatic carbocycles. The monoisotopic (exact) mass is 408 g/mol. The highest BCUT2D eigenvalue weighted by atomic mass is 16.5. The van der Waals surface area contributed by atoms with E-state index in [1.165, 1.54) is 0 Å². The summed E-state index contributed by atoms with van der Waals surface area (Å²) in [6.45, 7) is 0.453. The van der Waals surface area contributed by atoms with Crippen LogP contribution in [0.4, 0.5) is 0 Å². The molecule has 0 spiro atoms. The van der Waals surface area contributed by atoms with Crippen molar-refractivity contribution < 1.29 is 19.1 Å². The van der Waals surface area contributed by atoms with Crippen LogP contribution in [0.2, 0.25) is 0 Å². The number of esters is 1. The fourth-order valence-corrected chi connectivity index (χ4v) is 3.11. The predicted molar refractivity (Wildman–Crippen MR) is 118 cm³/mol. The van der Waals surface area contributed by atoms with Crippen LogP contribution in [-0.2, 0) is 6.61 Å². The highest BCUT2D eigenvalue weighted by molar-refractivity contribution is 6.14. The third-order valence-corrected chi connectivity index (χ3v) is 4.71.